The molecule has 3 rings (SSSR count). The van der Waals surface area contributed by atoms with E-state index in [4.69, 9.17) is 16.3 Å². The molecular weight excluding hydrogens is 268 g/mol. The fraction of sp³-hybridized carbons (Fsp3) is 0.571. The predicted octanol–water partition coefficient (Wildman–Crippen LogP) is 3.36. The van der Waals surface area contributed by atoms with Gasteiger partial charge in [-0.3, -0.25) is 0 Å². The van der Waals surface area contributed by atoms with Crippen molar-refractivity contribution in [2.24, 2.45) is 5.92 Å². The highest BCUT2D eigenvalue weighted by Crippen LogP contribution is 2.41. The Balaban J connectivity index is 1.56. The van der Waals surface area contributed by atoms with E-state index in [1.165, 1.54) is 6.42 Å². The summed E-state index contributed by atoms with van der Waals surface area (Å²) >= 11 is 7.74. The lowest BCUT2D eigenvalue weighted by molar-refractivity contribution is 0.0530. The zero-order valence-electron chi connectivity index (χ0n) is 10.1. The lowest BCUT2D eigenvalue weighted by atomic mass is 9.86. The summed E-state index contributed by atoms with van der Waals surface area (Å²) in [5.74, 6) is 1.01. The number of rotatable bonds is 4. The Morgan fingerprint density at radius 1 is 1.39 bits per heavy atom. The minimum absolute atomic E-state index is 0.289. The fourth-order valence-corrected chi connectivity index (χ4v) is 4.22. The molecular formula is C14H17ClO2S. The Kier molecular flexibility index (Phi) is 3.85. The average Bonchev–Trinajstić information content (AvgIpc) is 2.99. The molecule has 0 saturated carbocycles. The van der Waals surface area contributed by atoms with E-state index in [2.05, 4.69) is 0 Å². The summed E-state index contributed by atoms with van der Waals surface area (Å²) in [5, 5.41) is 11.0. The van der Waals surface area contributed by atoms with Crippen molar-refractivity contribution in [3.8, 4) is 0 Å². The van der Waals surface area contributed by atoms with E-state index in [0.717, 1.165) is 22.8 Å². The summed E-state index contributed by atoms with van der Waals surface area (Å²) in [6.45, 7) is 0. The van der Waals surface area contributed by atoms with E-state index >= 15 is 0 Å². The molecule has 2 aliphatic heterocycles. The van der Waals surface area contributed by atoms with Crippen LogP contribution in [0.5, 0.6) is 0 Å². The molecule has 2 nitrogen and oxygen atoms in total. The third-order valence-electron chi connectivity index (χ3n) is 3.89. The zero-order valence-corrected chi connectivity index (χ0v) is 11.7. The maximum Gasteiger partial charge on any atom is 0.0687 e. The second kappa shape index (κ2) is 5.41. The van der Waals surface area contributed by atoms with Gasteiger partial charge < -0.3 is 9.84 Å². The molecule has 2 heterocycles. The van der Waals surface area contributed by atoms with Crippen LogP contribution in [-0.2, 0) is 4.74 Å². The van der Waals surface area contributed by atoms with Crippen LogP contribution in [0.2, 0.25) is 5.02 Å². The van der Waals surface area contributed by atoms with Crippen LogP contribution in [-0.4, -0.2) is 29.2 Å². The van der Waals surface area contributed by atoms with Gasteiger partial charge in [0, 0.05) is 16.6 Å². The van der Waals surface area contributed by atoms with Crippen LogP contribution in [0.1, 0.15) is 19.3 Å². The Hall–Kier alpha value is -0.220. The first-order valence-corrected chi connectivity index (χ1v) is 7.81. The number of thioether (sulfide) groups is 1. The maximum absolute atomic E-state index is 10.3. The molecule has 18 heavy (non-hydrogen) atoms. The largest absolute Gasteiger partial charge is 0.392 e. The SMILES string of the molecule is OC(CSc1ccccc1Cl)C1CC2CCC1O2. The summed E-state index contributed by atoms with van der Waals surface area (Å²) in [6.07, 6.45) is 3.71. The molecule has 0 radical (unpaired) electrons. The van der Waals surface area contributed by atoms with Crippen molar-refractivity contribution < 1.29 is 9.84 Å². The third-order valence-corrected chi connectivity index (χ3v) is 5.51. The van der Waals surface area contributed by atoms with Crippen LogP contribution in [0.25, 0.3) is 0 Å². The van der Waals surface area contributed by atoms with Crippen molar-refractivity contribution in [3.63, 3.8) is 0 Å². The van der Waals surface area contributed by atoms with Crippen molar-refractivity contribution in [1.82, 2.24) is 0 Å². The number of benzene rings is 1. The van der Waals surface area contributed by atoms with Gasteiger partial charge in [0.05, 0.1) is 23.3 Å². The Morgan fingerprint density at radius 2 is 2.22 bits per heavy atom. The number of ether oxygens (including phenoxy) is 1. The summed E-state index contributed by atoms with van der Waals surface area (Å²) in [7, 11) is 0. The smallest absolute Gasteiger partial charge is 0.0687 e. The lowest BCUT2D eigenvalue weighted by Gasteiger charge is -2.24. The standard InChI is InChI=1S/C14H17ClO2S/c15-11-3-1-2-4-14(11)18-8-12(16)10-7-9-5-6-13(10)17-9/h1-4,9-10,12-13,16H,5-8H2. The maximum atomic E-state index is 10.3. The number of hydrogen-bond acceptors (Lipinski definition) is 3. The Labute approximate surface area is 117 Å². The average molecular weight is 285 g/mol. The molecule has 0 spiro atoms. The van der Waals surface area contributed by atoms with Crippen molar-refractivity contribution in [3.05, 3.63) is 29.3 Å². The molecule has 98 valence electrons. The summed E-state index contributed by atoms with van der Waals surface area (Å²) in [6, 6.07) is 7.78. The van der Waals surface area contributed by atoms with Gasteiger partial charge in [0.1, 0.15) is 0 Å². The molecule has 0 aromatic heterocycles. The predicted molar refractivity (Wildman–Crippen MR) is 74.2 cm³/mol. The number of hydrogen-bond donors (Lipinski definition) is 1. The van der Waals surface area contributed by atoms with Crippen LogP contribution in [0, 0.1) is 5.92 Å². The van der Waals surface area contributed by atoms with E-state index in [1.807, 2.05) is 24.3 Å². The first-order valence-electron chi connectivity index (χ1n) is 6.45. The highest BCUT2D eigenvalue weighted by molar-refractivity contribution is 7.99. The molecule has 2 fully saturated rings. The monoisotopic (exact) mass is 284 g/mol. The Bertz CT molecular complexity index is 426. The van der Waals surface area contributed by atoms with Gasteiger partial charge in [-0.2, -0.15) is 0 Å². The normalized spacial score (nSPS) is 31.8. The molecule has 0 amide bonds. The minimum atomic E-state index is -0.290. The van der Waals surface area contributed by atoms with Gasteiger partial charge in [-0.15, -0.1) is 11.8 Å². The summed E-state index contributed by atoms with van der Waals surface area (Å²) < 4.78 is 5.79. The fourth-order valence-electron chi connectivity index (χ4n) is 2.94. The zero-order chi connectivity index (χ0) is 12.5. The van der Waals surface area contributed by atoms with Crippen molar-refractivity contribution in [2.45, 2.75) is 42.5 Å². The molecule has 2 aliphatic rings. The molecule has 1 aromatic rings. The van der Waals surface area contributed by atoms with Crippen molar-refractivity contribution in [2.75, 3.05) is 5.75 Å². The third kappa shape index (κ3) is 2.55. The van der Waals surface area contributed by atoms with Gasteiger partial charge in [0.2, 0.25) is 0 Å². The quantitative estimate of drug-likeness (QED) is 0.860. The summed E-state index contributed by atoms with van der Waals surface area (Å²) in [4.78, 5) is 1.04. The first-order chi connectivity index (χ1) is 8.74. The molecule has 4 atom stereocenters. The Morgan fingerprint density at radius 3 is 2.89 bits per heavy atom. The van der Waals surface area contributed by atoms with Gasteiger partial charge in [-0.05, 0) is 31.4 Å². The number of aliphatic hydroxyl groups excluding tert-OH is 1. The molecule has 0 aliphatic carbocycles. The second-order valence-electron chi connectivity index (χ2n) is 5.08. The van der Waals surface area contributed by atoms with E-state index in [9.17, 15) is 5.11 Å². The number of aliphatic hydroxyl groups is 1. The molecule has 2 bridgehead atoms. The first kappa shape index (κ1) is 12.8. The molecule has 1 N–H and O–H groups in total. The van der Waals surface area contributed by atoms with Crippen molar-refractivity contribution >= 4 is 23.4 Å². The van der Waals surface area contributed by atoms with Gasteiger partial charge in [-0.1, -0.05) is 23.7 Å². The van der Waals surface area contributed by atoms with Gasteiger partial charge >= 0.3 is 0 Å². The summed E-state index contributed by atoms with van der Waals surface area (Å²) in [5.41, 5.74) is 0. The molecule has 4 unspecified atom stereocenters. The molecule has 1 aromatic carbocycles. The van der Waals surface area contributed by atoms with Gasteiger partial charge in [0.25, 0.3) is 0 Å². The number of halogens is 1. The highest BCUT2D eigenvalue weighted by atomic mass is 35.5. The van der Waals surface area contributed by atoms with Crippen LogP contribution in [0.4, 0.5) is 0 Å². The van der Waals surface area contributed by atoms with Gasteiger partial charge in [0.15, 0.2) is 0 Å². The van der Waals surface area contributed by atoms with Crippen molar-refractivity contribution in [1.29, 1.82) is 0 Å². The topological polar surface area (TPSA) is 29.5 Å². The number of fused-ring (bicyclic) bond motifs is 2. The lowest BCUT2D eigenvalue weighted by Crippen LogP contribution is -2.31. The second-order valence-corrected chi connectivity index (χ2v) is 6.55. The van der Waals surface area contributed by atoms with E-state index in [-0.39, 0.29) is 12.2 Å². The van der Waals surface area contributed by atoms with Crippen LogP contribution < -0.4 is 0 Å². The van der Waals surface area contributed by atoms with Gasteiger partial charge in [-0.25, -0.2) is 0 Å². The van der Waals surface area contributed by atoms with E-state index in [0.29, 0.717) is 17.8 Å². The molecule has 2 saturated heterocycles. The molecule has 4 heteroatoms. The highest BCUT2D eigenvalue weighted by Gasteiger charge is 2.43. The van der Waals surface area contributed by atoms with Crippen LogP contribution in [0.15, 0.2) is 29.2 Å². The van der Waals surface area contributed by atoms with Crippen LogP contribution in [0.3, 0.4) is 0 Å². The van der Waals surface area contributed by atoms with Crippen LogP contribution >= 0.6 is 23.4 Å². The van der Waals surface area contributed by atoms with E-state index in [1.54, 1.807) is 11.8 Å². The minimum Gasteiger partial charge on any atom is -0.392 e. The van der Waals surface area contributed by atoms with E-state index < -0.39 is 0 Å².